The standard InChI is InChI=1S/C43H47N11O3S/c44-23-28-21-31-2-4-36(54(31)47-24-28)35-22-34(48-30-7-19-57-20-8-30)33(26-45-35)40-50-51-41(58-40)43-12-9-42(10-13-43,11-14-43)27-52-15-17-53(18-16-52)37-5-1-29(25-46-37)32-3-6-38(55)49-39(32)56/h1-2,4-5,21-22,24-26,30,32H,3,6-20,27H2,(H,45,48)(H,49,55,56)/t32-,42?,43?/m1/s1. The van der Waals surface area contributed by atoms with Gasteiger partial charge in [0.15, 0.2) is 5.01 Å². The summed E-state index contributed by atoms with van der Waals surface area (Å²) in [7, 11) is 0. The summed E-state index contributed by atoms with van der Waals surface area (Å²) in [6, 6.07) is 14.4. The maximum Gasteiger partial charge on any atom is 0.234 e. The number of anilines is 2. The van der Waals surface area contributed by atoms with E-state index in [4.69, 9.17) is 24.9 Å². The first-order valence-electron chi connectivity index (χ1n) is 20.7. The number of ether oxygens (including phenoxy) is 1. The molecule has 298 valence electrons. The van der Waals surface area contributed by atoms with Crippen molar-refractivity contribution in [2.75, 3.05) is 56.2 Å². The van der Waals surface area contributed by atoms with Crippen LogP contribution in [0.3, 0.4) is 0 Å². The zero-order chi connectivity index (χ0) is 39.3. The summed E-state index contributed by atoms with van der Waals surface area (Å²) >= 11 is 1.74. The second-order valence-corrected chi connectivity index (χ2v) is 17.9. The normalized spacial score (nSPS) is 25.5. The van der Waals surface area contributed by atoms with Crippen LogP contribution < -0.4 is 15.5 Å². The van der Waals surface area contributed by atoms with Crippen molar-refractivity contribution in [1.29, 1.82) is 5.26 Å². The first-order valence-corrected chi connectivity index (χ1v) is 21.5. The van der Waals surface area contributed by atoms with Gasteiger partial charge >= 0.3 is 0 Å². The van der Waals surface area contributed by atoms with Crippen molar-refractivity contribution in [2.24, 2.45) is 5.41 Å². The van der Waals surface area contributed by atoms with Gasteiger partial charge in [0, 0.05) is 81.9 Å². The van der Waals surface area contributed by atoms with Gasteiger partial charge in [-0.3, -0.25) is 24.8 Å². The second kappa shape index (κ2) is 15.1. The fraction of sp³-hybridized carbons (Fsp3) is 0.488. The first-order chi connectivity index (χ1) is 28.4. The maximum atomic E-state index is 12.3. The van der Waals surface area contributed by atoms with Crippen LogP contribution in [0.25, 0.3) is 27.5 Å². The predicted molar refractivity (Wildman–Crippen MR) is 219 cm³/mol. The molecule has 3 aliphatic carbocycles. The van der Waals surface area contributed by atoms with Crippen molar-refractivity contribution in [2.45, 2.75) is 81.6 Å². The highest BCUT2D eigenvalue weighted by molar-refractivity contribution is 7.14. The number of hydrogen-bond donors (Lipinski definition) is 2. The van der Waals surface area contributed by atoms with E-state index in [2.05, 4.69) is 37.7 Å². The number of imide groups is 1. The Bertz CT molecular complexity index is 2370. The number of carbonyl (C=O) groups excluding carboxylic acids is 2. The number of hydrogen-bond acceptors (Lipinski definition) is 13. The third-order valence-electron chi connectivity index (χ3n) is 13.6. The second-order valence-electron chi connectivity index (χ2n) is 17.0. The minimum absolute atomic E-state index is 0.0858. The number of carbonyl (C=O) groups is 2. The molecule has 6 fully saturated rings. The lowest BCUT2D eigenvalue weighted by Gasteiger charge is -2.54. The molecule has 0 unspecified atom stereocenters. The van der Waals surface area contributed by atoms with E-state index in [1.807, 2.05) is 47.2 Å². The van der Waals surface area contributed by atoms with E-state index < -0.39 is 0 Å². The van der Waals surface area contributed by atoms with E-state index in [1.54, 1.807) is 17.5 Å². The minimum atomic E-state index is -0.307. The predicted octanol–water partition coefficient (Wildman–Crippen LogP) is 5.71. The maximum absolute atomic E-state index is 12.3. The zero-order valence-electron chi connectivity index (χ0n) is 32.5. The number of pyridine rings is 2. The first kappa shape index (κ1) is 37.0. The Balaban J connectivity index is 0.796. The van der Waals surface area contributed by atoms with Gasteiger partial charge in [-0.15, -0.1) is 10.2 Å². The Labute approximate surface area is 341 Å². The average molecular weight is 798 g/mol. The zero-order valence-corrected chi connectivity index (χ0v) is 33.3. The number of aromatic nitrogens is 6. The summed E-state index contributed by atoms with van der Waals surface area (Å²) in [6.45, 7) is 6.52. The van der Waals surface area contributed by atoms with Crippen LogP contribution in [0.2, 0.25) is 0 Å². The van der Waals surface area contributed by atoms with Crippen LogP contribution in [0.4, 0.5) is 11.5 Å². The highest BCUT2D eigenvalue weighted by atomic mass is 32.1. The largest absolute Gasteiger partial charge is 0.381 e. The molecule has 5 aromatic heterocycles. The van der Waals surface area contributed by atoms with Crippen molar-refractivity contribution < 1.29 is 14.3 Å². The van der Waals surface area contributed by atoms with Crippen LogP contribution in [0.5, 0.6) is 0 Å². The molecule has 6 aliphatic rings. The Morgan fingerprint density at radius 2 is 1.72 bits per heavy atom. The van der Waals surface area contributed by atoms with E-state index in [0.717, 1.165) is 128 Å². The van der Waals surface area contributed by atoms with Crippen LogP contribution in [0, 0.1) is 16.7 Å². The lowest BCUT2D eigenvalue weighted by atomic mass is 9.54. The molecule has 8 heterocycles. The van der Waals surface area contributed by atoms with Crippen molar-refractivity contribution in [3.8, 4) is 28.0 Å². The summed E-state index contributed by atoms with van der Waals surface area (Å²) in [5, 5.41) is 32.0. The van der Waals surface area contributed by atoms with Crippen molar-refractivity contribution in [3.05, 3.63) is 71.1 Å². The Kier molecular flexibility index (Phi) is 9.66. The number of amides is 2. The van der Waals surface area contributed by atoms with Gasteiger partial charge in [-0.2, -0.15) is 10.4 Å². The van der Waals surface area contributed by atoms with Gasteiger partial charge in [0.05, 0.1) is 40.1 Å². The number of fused-ring (bicyclic) bond motifs is 4. The van der Waals surface area contributed by atoms with Crippen LogP contribution in [0.1, 0.15) is 86.3 Å². The number of nitrogens with one attached hydrogen (secondary N) is 2. The van der Waals surface area contributed by atoms with Crippen molar-refractivity contribution in [1.82, 2.24) is 40.0 Å². The fourth-order valence-corrected chi connectivity index (χ4v) is 11.1. The molecule has 1 atom stereocenters. The molecular weight excluding hydrogens is 751 g/mol. The molecule has 2 bridgehead atoms. The Morgan fingerprint density at radius 1 is 0.914 bits per heavy atom. The third kappa shape index (κ3) is 7.01. The number of nitrogens with zero attached hydrogens (tertiary/aromatic N) is 9. The molecule has 0 aromatic carbocycles. The van der Waals surface area contributed by atoms with Gasteiger partial charge in [-0.05, 0) is 99.1 Å². The van der Waals surface area contributed by atoms with Gasteiger partial charge in [0.25, 0.3) is 0 Å². The van der Waals surface area contributed by atoms with E-state index >= 15 is 0 Å². The highest BCUT2D eigenvalue weighted by Crippen LogP contribution is 2.58. The van der Waals surface area contributed by atoms with E-state index in [9.17, 15) is 14.9 Å². The molecule has 14 nitrogen and oxygen atoms in total. The molecule has 3 saturated heterocycles. The molecule has 2 amide bonds. The minimum Gasteiger partial charge on any atom is -0.381 e. The van der Waals surface area contributed by atoms with Gasteiger partial charge in [-0.1, -0.05) is 17.4 Å². The average Bonchev–Trinajstić information content (AvgIpc) is 3.94. The van der Waals surface area contributed by atoms with Crippen LogP contribution in [-0.2, 0) is 19.7 Å². The summed E-state index contributed by atoms with van der Waals surface area (Å²) in [6.07, 6.45) is 15.2. The molecule has 15 heteroatoms. The van der Waals surface area contributed by atoms with Gasteiger partial charge in [-0.25, -0.2) is 9.50 Å². The lowest BCUT2D eigenvalue weighted by Crippen LogP contribution is -2.53. The van der Waals surface area contributed by atoms with E-state index in [-0.39, 0.29) is 29.2 Å². The van der Waals surface area contributed by atoms with E-state index in [1.165, 1.54) is 19.3 Å². The number of piperidine rings is 1. The van der Waals surface area contributed by atoms with Crippen molar-refractivity contribution >= 4 is 40.2 Å². The number of piperazine rings is 1. The molecule has 58 heavy (non-hydrogen) atoms. The third-order valence-corrected chi connectivity index (χ3v) is 14.8. The summed E-state index contributed by atoms with van der Waals surface area (Å²) in [4.78, 5) is 38.6. The van der Waals surface area contributed by atoms with Gasteiger partial charge in [0.1, 0.15) is 16.9 Å². The Morgan fingerprint density at radius 3 is 2.47 bits per heavy atom. The molecule has 0 spiro atoms. The van der Waals surface area contributed by atoms with Crippen LogP contribution in [-0.4, -0.2) is 98.5 Å². The monoisotopic (exact) mass is 797 g/mol. The number of nitriles is 1. The highest BCUT2D eigenvalue weighted by Gasteiger charge is 2.51. The summed E-state index contributed by atoms with van der Waals surface area (Å²) < 4.78 is 7.50. The fourth-order valence-electron chi connectivity index (χ4n) is 9.98. The molecule has 5 aromatic rings. The van der Waals surface area contributed by atoms with Crippen LogP contribution in [0.15, 0.2) is 55.0 Å². The molecule has 2 N–H and O–H groups in total. The van der Waals surface area contributed by atoms with Gasteiger partial charge < -0.3 is 15.0 Å². The summed E-state index contributed by atoms with van der Waals surface area (Å²) in [5.74, 6) is 0.228. The lowest BCUT2D eigenvalue weighted by molar-refractivity contribution is -0.134. The Hall–Kier alpha value is -5.30. The number of rotatable bonds is 9. The van der Waals surface area contributed by atoms with Gasteiger partial charge in [0.2, 0.25) is 11.8 Å². The molecular formula is C43H47N11O3S. The molecule has 0 radical (unpaired) electrons. The quantitative estimate of drug-likeness (QED) is 0.175. The topological polar surface area (TPSA) is 167 Å². The molecule has 3 saturated carbocycles. The smallest absolute Gasteiger partial charge is 0.234 e. The summed E-state index contributed by atoms with van der Waals surface area (Å²) in [5.41, 5.74) is 6.32. The SMILES string of the molecule is N#Cc1cnn2c(-c3cc(NC4CCOCC4)c(-c4nnc(C56CCC(CN7CCN(c8ccc([C@H]9CCC(=O)NC9=O)cn8)CC7)(CC5)CC6)s4)cn3)ccc2c1. The van der Waals surface area contributed by atoms with E-state index in [0.29, 0.717) is 23.8 Å². The van der Waals surface area contributed by atoms with Crippen molar-refractivity contribution in [3.63, 3.8) is 0 Å². The molecule has 3 aliphatic heterocycles. The van der Waals surface area contributed by atoms with Crippen LogP contribution >= 0.6 is 11.3 Å². The molecule has 11 rings (SSSR count).